The highest BCUT2D eigenvalue weighted by molar-refractivity contribution is 6.18. The molecule has 0 aromatic carbocycles. The fraction of sp³-hybridized carbons (Fsp3) is 1.00. The molecule has 1 rings (SSSR count). The number of hydrogen-bond acceptors (Lipinski definition) is 0. The molecule has 0 bridgehead atoms. The van der Waals surface area contributed by atoms with Crippen LogP contribution in [-0.4, -0.2) is 5.88 Å². The SMILES string of the molecule is CCC(C)C1(CCl)CC1. The number of halogens is 1. The first kappa shape index (κ1) is 7.40. The molecule has 9 heavy (non-hydrogen) atoms. The molecular weight excluding hydrogens is 132 g/mol. The van der Waals surface area contributed by atoms with Gasteiger partial charge >= 0.3 is 0 Å². The van der Waals surface area contributed by atoms with E-state index in [4.69, 9.17) is 11.6 Å². The Balaban J connectivity index is 2.39. The fourth-order valence-corrected chi connectivity index (χ4v) is 1.88. The molecule has 1 aliphatic rings. The summed E-state index contributed by atoms with van der Waals surface area (Å²) in [6.07, 6.45) is 4.02. The highest BCUT2D eigenvalue weighted by atomic mass is 35.5. The summed E-state index contributed by atoms with van der Waals surface area (Å²) in [6.45, 7) is 4.56. The van der Waals surface area contributed by atoms with Gasteiger partial charge in [-0.25, -0.2) is 0 Å². The van der Waals surface area contributed by atoms with Crippen molar-refractivity contribution >= 4 is 11.6 Å². The molecule has 0 aromatic rings. The van der Waals surface area contributed by atoms with Crippen molar-refractivity contribution in [3.05, 3.63) is 0 Å². The molecule has 0 nitrogen and oxygen atoms in total. The van der Waals surface area contributed by atoms with E-state index in [2.05, 4.69) is 13.8 Å². The molecule has 1 atom stereocenters. The number of hydrogen-bond donors (Lipinski definition) is 0. The van der Waals surface area contributed by atoms with Gasteiger partial charge < -0.3 is 0 Å². The lowest BCUT2D eigenvalue weighted by Gasteiger charge is -2.18. The smallest absolute Gasteiger partial charge is 0.0282 e. The van der Waals surface area contributed by atoms with Gasteiger partial charge in [0.1, 0.15) is 0 Å². The summed E-state index contributed by atoms with van der Waals surface area (Å²) in [6, 6.07) is 0. The molecule has 0 aliphatic heterocycles. The third-order valence-electron chi connectivity index (χ3n) is 2.82. The van der Waals surface area contributed by atoms with Crippen LogP contribution in [-0.2, 0) is 0 Å². The summed E-state index contributed by atoms with van der Waals surface area (Å²) in [5.41, 5.74) is 0.566. The molecule has 0 heterocycles. The van der Waals surface area contributed by atoms with Crippen molar-refractivity contribution in [2.45, 2.75) is 33.1 Å². The maximum Gasteiger partial charge on any atom is 0.0282 e. The second-order valence-electron chi connectivity index (χ2n) is 3.31. The van der Waals surface area contributed by atoms with Gasteiger partial charge in [-0.3, -0.25) is 0 Å². The first-order valence-electron chi connectivity index (χ1n) is 3.81. The molecule has 0 spiro atoms. The van der Waals surface area contributed by atoms with E-state index in [1.165, 1.54) is 19.3 Å². The normalized spacial score (nSPS) is 25.7. The van der Waals surface area contributed by atoms with Crippen molar-refractivity contribution < 1.29 is 0 Å². The third-order valence-corrected chi connectivity index (χ3v) is 3.35. The lowest BCUT2D eigenvalue weighted by atomic mass is 9.90. The Kier molecular flexibility index (Phi) is 2.05. The van der Waals surface area contributed by atoms with Crippen LogP contribution in [0.1, 0.15) is 33.1 Å². The maximum absolute atomic E-state index is 5.83. The van der Waals surface area contributed by atoms with Crippen molar-refractivity contribution in [3.63, 3.8) is 0 Å². The molecule has 1 unspecified atom stereocenters. The van der Waals surface area contributed by atoms with Crippen LogP contribution in [0.5, 0.6) is 0 Å². The Bertz CT molecular complexity index is 94.7. The summed E-state index contributed by atoms with van der Waals surface area (Å²) in [5, 5.41) is 0. The van der Waals surface area contributed by atoms with E-state index in [1.807, 2.05) is 0 Å². The van der Waals surface area contributed by atoms with Crippen LogP contribution in [0.4, 0.5) is 0 Å². The molecule has 1 aliphatic carbocycles. The maximum atomic E-state index is 5.83. The summed E-state index contributed by atoms with van der Waals surface area (Å²) >= 11 is 5.83. The second kappa shape index (κ2) is 2.49. The zero-order chi connectivity index (χ0) is 6.91. The van der Waals surface area contributed by atoms with Crippen molar-refractivity contribution in [2.75, 3.05) is 5.88 Å². The minimum Gasteiger partial charge on any atom is -0.126 e. The first-order chi connectivity index (χ1) is 4.25. The van der Waals surface area contributed by atoms with Crippen LogP contribution in [0.15, 0.2) is 0 Å². The molecule has 54 valence electrons. The minimum atomic E-state index is 0.566. The van der Waals surface area contributed by atoms with Crippen LogP contribution in [0.2, 0.25) is 0 Å². The van der Waals surface area contributed by atoms with E-state index in [0.717, 1.165) is 11.8 Å². The van der Waals surface area contributed by atoms with E-state index < -0.39 is 0 Å². The predicted molar refractivity (Wildman–Crippen MR) is 41.8 cm³/mol. The van der Waals surface area contributed by atoms with Gasteiger partial charge in [0.15, 0.2) is 0 Å². The van der Waals surface area contributed by atoms with Crippen molar-refractivity contribution in [1.29, 1.82) is 0 Å². The third kappa shape index (κ3) is 1.24. The van der Waals surface area contributed by atoms with E-state index >= 15 is 0 Å². The summed E-state index contributed by atoms with van der Waals surface area (Å²) < 4.78 is 0. The topological polar surface area (TPSA) is 0 Å². The van der Waals surface area contributed by atoms with Gasteiger partial charge in [-0.1, -0.05) is 20.3 Å². The van der Waals surface area contributed by atoms with Crippen LogP contribution in [0, 0.1) is 11.3 Å². The molecule has 0 aromatic heterocycles. The van der Waals surface area contributed by atoms with Gasteiger partial charge in [0.2, 0.25) is 0 Å². The lowest BCUT2D eigenvalue weighted by molar-refractivity contribution is 0.359. The first-order valence-corrected chi connectivity index (χ1v) is 4.34. The molecular formula is C8H15Cl. The molecule has 0 amide bonds. The Morgan fingerprint density at radius 3 is 2.22 bits per heavy atom. The van der Waals surface area contributed by atoms with Crippen LogP contribution in [0.3, 0.4) is 0 Å². The highest BCUT2D eigenvalue weighted by Gasteiger charge is 2.45. The Hall–Kier alpha value is 0.290. The van der Waals surface area contributed by atoms with E-state index in [1.54, 1.807) is 0 Å². The molecule has 1 fully saturated rings. The molecule has 1 saturated carbocycles. The fourth-order valence-electron chi connectivity index (χ4n) is 1.35. The molecule has 0 radical (unpaired) electrons. The summed E-state index contributed by atoms with van der Waals surface area (Å²) in [5.74, 6) is 1.72. The van der Waals surface area contributed by atoms with E-state index in [0.29, 0.717) is 5.41 Å². The van der Waals surface area contributed by atoms with Gasteiger partial charge in [0, 0.05) is 5.88 Å². The monoisotopic (exact) mass is 146 g/mol. The Morgan fingerprint density at radius 1 is 1.56 bits per heavy atom. The standard InChI is InChI=1S/C8H15Cl/c1-3-7(2)8(6-9)4-5-8/h7H,3-6H2,1-2H3. The molecule has 1 heteroatoms. The minimum absolute atomic E-state index is 0.566. The number of rotatable bonds is 3. The predicted octanol–water partition coefficient (Wildman–Crippen LogP) is 3.05. The second-order valence-corrected chi connectivity index (χ2v) is 3.57. The average Bonchev–Trinajstić information content (AvgIpc) is 2.66. The van der Waals surface area contributed by atoms with Gasteiger partial charge in [0.25, 0.3) is 0 Å². The Labute approximate surface area is 62.6 Å². The zero-order valence-corrected chi connectivity index (χ0v) is 7.04. The Morgan fingerprint density at radius 2 is 2.11 bits per heavy atom. The molecule has 0 N–H and O–H groups in total. The van der Waals surface area contributed by atoms with Gasteiger partial charge in [-0.05, 0) is 24.2 Å². The van der Waals surface area contributed by atoms with Gasteiger partial charge in [0.05, 0.1) is 0 Å². The van der Waals surface area contributed by atoms with E-state index in [9.17, 15) is 0 Å². The summed E-state index contributed by atoms with van der Waals surface area (Å²) in [7, 11) is 0. The van der Waals surface area contributed by atoms with Gasteiger partial charge in [-0.2, -0.15) is 0 Å². The largest absolute Gasteiger partial charge is 0.126 e. The zero-order valence-electron chi connectivity index (χ0n) is 6.28. The van der Waals surface area contributed by atoms with Crippen LogP contribution < -0.4 is 0 Å². The number of alkyl halides is 1. The van der Waals surface area contributed by atoms with Crippen LogP contribution >= 0.6 is 11.6 Å². The quantitative estimate of drug-likeness (QED) is 0.537. The highest BCUT2D eigenvalue weighted by Crippen LogP contribution is 2.53. The van der Waals surface area contributed by atoms with Crippen molar-refractivity contribution in [2.24, 2.45) is 11.3 Å². The lowest BCUT2D eigenvalue weighted by Crippen LogP contribution is -2.13. The molecule has 0 saturated heterocycles. The summed E-state index contributed by atoms with van der Waals surface area (Å²) in [4.78, 5) is 0. The van der Waals surface area contributed by atoms with E-state index in [-0.39, 0.29) is 0 Å². The van der Waals surface area contributed by atoms with Gasteiger partial charge in [-0.15, -0.1) is 11.6 Å². The average molecular weight is 147 g/mol. The van der Waals surface area contributed by atoms with Crippen LogP contribution in [0.25, 0.3) is 0 Å². The van der Waals surface area contributed by atoms with Crippen molar-refractivity contribution in [3.8, 4) is 0 Å². The van der Waals surface area contributed by atoms with Crippen molar-refractivity contribution in [1.82, 2.24) is 0 Å².